The Morgan fingerprint density at radius 1 is 0.571 bits per heavy atom. The summed E-state index contributed by atoms with van der Waals surface area (Å²) in [5, 5.41) is 23.7. The Morgan fingerprint density at radius 2 is 1.09 bits per heavy atom. The molecule has 0 atom stereocenters. The maximum absolute atomic E-state index is 10.9. The number of furan rings is 1. The highest BCUT2D eigenvalue weighted by atomic mass is 16.4. The molecule has 2 aliphatic rings. The number of hydrogen-bond donors (Lipinski definition) is 2. The van der Waals surface area contributed by atoms with Crippen molar-refractivity contribution in [2.45, 2.75) is 5.41 Å². The second kappa shape index (κ2) is 6.51. The molecule has 0 saturated carbocycles. The zero-order valence-electron chi connectivity index (χ0n) is 18.7. The van der Waals surface area contributed by atoms with Gasteiger partial charge in [0.1, 0.15) is 11.2 Å². The van der Waals surface area contributed by atoms with Gasteiger partial charge in [0.25, 0.3) is 0 Å². The molecule has 1 spiro atoms. The van der Waals surface area contributed by atoms with E-state index < -0.39 is 12.5 Å². The largest absolute Gasteiger partial charge is 0.492 e. The minimum Gasteiger partial charge on any atom is -0.456 e. The molecule has 0 fully saturated rings. The molecular formula is C31H19BO3. The predicted molar refractivity (Wildman–Crippen MR) is 140 cm³/mol. The van der Waals surface area contributed by atoms with Crippen LogP contribution in [-0.4, -0.2) is 17.2 Å². The van der Waals surface area contributed by atoms with Gasteiger partial charge in [0.05, 0.1) is 5.41 Å². The van der Waals surface area contributed by atoms with Crippen molar-refractivity contribution < 1.29 is 14.5 Å². The van der Waals surface area contributed by atoms with Crippen LogP contribution in [0.25, 0.3) is 44.2 Å². The summed E-state index contributed by atoms with van der Waals surface area (Å²) in [4.78, 5) is 0. The molecule has 8 rings (SSSR count). The smallest absolute Gasteiger partial charge is 0.456 e. The van der Waals surface area contributed by atoms with E-state index in [2.05, 4.69) is 78.9 Å². The van der Waals surface area contributed by atoms with Gasteiger partial charge >= 0.3 is 7.12 Å². The fourth-order valence-corrected chi connectivity index (χ4v) is 6.72. The maximum atomic E-state index is 10.9. The molecule has 1 aromatic heterocycles. The molecule has 35 heavy (non-hydrogen) atoms. The highest BCUT2D eigenvalue weighted by molar-refractivity contribution is 6.63. The molecule has 0 unspecified atom stereocenters. The third-order valence-electron chi connectivity index (χ3n) is 7.91. The first-order valence-corrected chi connectivity index (χ1v) is 11.9. The number of hydrogen-bond acceptors (Lipinski definition) is 3. The van der Waals surface area contributed by atoms with Gasteiger partial charge in [-0.3, -0.25) is 0 Å². The number of para-hydroxylation sites is 1. The Labute approximate surface area is 202 Å². The van der Waals surface area contributed by atoms with E-state index in [0.717, 1.165) is 49.7 Å². The van der Waals surface area contributed by atoms with Crippen molar-refractivity contribution in [3.05, 3.63) is 125 Å². The van der Waals surface area contributed by atoms with E-state index in [1.54, 1.807) is 0 Å². The molecular weight excluding hydrogens is 431 g/mol. The van der Waals surface area contributed by atoms with Crippen LogP contribution in [0.2, 0.25) is 0 Å². The molecule has 6 aromatic rings. The van der Waals surface area contributed by atoms with Gasteiger partial charge < -0.3 is 14.5 Å². The minimum atomic E-state index is -1.70. The molecule has 2 N–H and O–H groups in total. The molecule has 0 amide bonds. The maximum Gasteiger partial charge on any atom is 0.492 e. The van der Waals surface area contributed by atoms with Gasteiger partial charge in [-0.1, -0.05) is 91.0 Å². The lowest BCUT2D eigenvalue weighted by Gasteiger charge is -2.32. The van der Waals surface area contributed by atoms with Gasteiger partial charge in [0.2, 0.25) is 0 Å². The van der Waals surface area contributed by atoms with Crippen LogP contribution in [0, 0.1) is 0 Å². The molecule has 4 heteroatoms. The Hall–Kier alpha value is -4.12. The Kier molecular flexibility index (Phi) is 3.57. The van der Waals surface area contributed by atoms with E-state index in [1.807, 2.05) is 24.3 Å². The number of fused-ring (bicyclic) bond motifs is 13. The first-order chi connectivity index (χ1) is 17.2. The van der Waals surface area contributed by atoms with Crippen molar-refractivity contribution in [1.82, 2.24) is 0 Å². The number of benzene rings is 5. The molecule has 2 aliphatic carbocycles. The summed E-state index contributed by atoms with van der Waals surface area (Å²) in [5.41, 5.74) is 9.91. The Balaban J connectivity index is 1.66. The zero-order valence-corrected chi connectivity index (χ0v) is 18.7. The van der Waals surface area contributed by atoms with Gasteiger partial charge in [-0.25, -0.2) is 0 Å². The monoisotopic (exact) mass is 450 g/mol. The van der Waals surface area contributed by atoms with Crippen molar-refractivity contribution in [1.29, 1.82) is 0 Å². The minimum absolute atomic E-state index is 0.441. The molecule has 0 aliphatic heterocycles. The van der Waals surface area contributed by atoms with E-state index >= 15 is 0 Å². The van der Waals surface area contributed by atoms with E-state index in [1.165, 1.54) is 11.1 Å². The van der Waals surface area contributed by atoms with E-state index in [-0.39, 0.29) is 0 Å². The fraction of sp³-hybridized carbons (Fsp3) is 0.0323. The SMILES string of the molecule is OB(O)c1c2c(cc3c1oc1ccccc13)-c1ccccc1C21c2ccccc2-c2ccccc21. The fourth-order valence-electron chi connectivity index (χ4n) is 6.72. The highest BCUT2D eigenvalue weighted by Crippen LogP contribution is 2.62. The topological polar surface area (TPSA) is 53.6 Å². The van der Waals surface area contributed by atoms with Crippen molar-refractivity contribution in [3.63, 3.8) is 0 Å². The van der Waals surface area contributed by atoms with Gasteiger partial charge in [-0.2, -0.15) is 0 Å². The van der Waals surface area contributed by atoms with Crippen LogP contribution >= 0.6 is 0 Å². The average molecular weight is 450 g/mol. The van der Waals surface area contributed by atoms with Crippen LogP contribution in [0.15, 0.2) is 108 Å². The van der Waals surface area contributed by atoms with Crippen LogP contribution in [-0.2, 0) is 5.41 Å². The van der Waals surface area contributed by atoms with Gasteiger partial charge in [0, 0.05) is 16.2 Å². The first-order valence-electron chi connectivity index (χ1n) is 11.9. The van der Waals surface area contributed by atoms with Gasteiger partial charge in [-0.05, 0) is 56.6 Å². The predicted octanol–water partition coefficient (Wildman–Crippen LogP) is 5.61. The van der Waals surface area contributed by atoms with Crippen LogP contribution in [0.5, 0.6) is 0 Å². The van der Waals surface area contributed by atoms with Crippen LogP contribution < -0.4 is 5.46 Å². The molecule has 1 heterocycles. The highest BCUT2D eigenvalue weighted by Gasteiger charge is 2.54. The van der Waals surface area contributed by atoms with E-state index in [9.17, 15) is 10.0 Å². The summed E-state index contributed by atoms with van der Waals surface area (Å²) in [6.07, 6.45) is 0. The van der Waals surface area contributed by atoms with Gasteiger partial charge in [0.15, 0.2) is 0 Å². The summed E-state index contributed by atoms with van der Waals surface area (Å²) in [5.74, 6) is 0. The van der Waals surface area contributed by atoms with Gasteiger partial charge in [-0.15, -0.1) is 0 Å². The standard InChI is InChI=1S/C31H19BO3/c33-32(34)29-28-22(17-23-21-12-4-8-16-27(21)35-30(23)29)20-11-3-7-15-26(20)31(28)24-13-5-1-9-18(24)19-10-2-6-14-25(19)31/h1-17,33-34H. The Bertz CT molecular complexity index is 1800. The van der Waals surface area contributed by atoms with Crippen LogP contribution in [0.3, 0.4) is 0 Å². The van der Waals surface area contributed by atoms with E-state index in [4.69, 9.17) is 4.42 Å². The normalized spacial score (nSPS) is 14.2. The first kappa shape index (κ1) is 19.2. The molecule has 0 saturated heterocycles. The van der Waals surface area contributed by atoms with Crippen LogP contribution in [0.4, 0.5) is 0 Å². The van der Waals surface area contributed by atoms with E-state index in [0.29, 0.717) is 11.0 Å². The van der Waals surface area contributed by atoms with Crippen molar-refractivity contribution in [2.24, 2.45) is 0 Å². The second-order valence-electron chi connectivity index (χ2n) is 9.45. The molecule has 3 nitrogen and oxygen atoms in total. The molecule has 0 radical (unpaired) electrons. The average Bonchev–Trinajstić information content (AvgIpc) is 3.51. The zero-order chi connectivity index (χ0) is 23.3. The van der Waals surface area contributed by atoms with Crippen LogP contribution in [0.1, 0.15) is 22.3 Å². The third-order valence-corrected chi connectivity index (χ3v) is 7.91. The second-order valence-corrected chi connectivity index (χ2v) is 9.45. The quantitative estimate of drug-likeness (QED) is 0.320. The van der Waals surface area contributed by atoms with Crippen molar-refractivity contribution >= 4 is 34.5 Å². The molecule has 0 bridgehead atoms. The lowest BCUT2D eigenvalue weighted by Crippen LogP contribution is -2.40. The summed E-state index contributed by atoms with van der Waals surface area (Å²) < 4.78 is 6.33. The molecule has 164 valence electrons. The lowest BCUT2D eigenvalue weighted by molar-refractivity contribution is 0.425. The van der Waals surface area contributed by atoms with Crippen molar-refractivity contribution in [3.8, 4) is 22.3 Å². The number of rotatable bonds is 1. The Morgan fingerprint density at radius 3 is 1.69 bits per heavy atom. The summed E-state index contributed by atoms with van der Waals surface area (Å²) in [6.45, 7) is 0. The molecule has 5 aromatic carbocycles. The summed E-state index contributed by atoms with van der Waals surface area (Å²) >= 11 is 0. The van der Waals surface area contributed by atoms with Crippen molar-refractivity contribution in [2.75, 3.05) is 0 Å². The summed E-state index contributed by atoms with van der Waals surface area (Å²) in [6, 6.07) is 35.5. The third kappa shape index (κ3) is 2.15. The lowest BCUT2D eigenvalue weighted by atomic mass is 9.63. The summed E-state index contributed by atoms with van der Waals surface area (Å²) in [7, 11) is -1.70.